The molecule has 0 aliphatic carbocycles. The van der Waals surface area contributed by atoms with Crippen LogP contribution >= 0.6 is 0 Å². The SMILES string of the molecule is COc1ccc2c(c1)C(CN1CCN(C)CC1)CN2. The Labute approximate surface area is 115 Å². The van der Waals surface area contributed by atoms with Gasteiger partial charge in [0, 0.05) is 50.9 Å². The normalized spacial score (nSPS) is 24.0. The van der Waals surface area contributed by atoms with Crippen LogP contribution in [0.25, 0.3) is 0 Å². The van der Waals surface area contributed by atoms with Crippen LogP contribution in [-0.2, 0) is 0 Å². The van der Waals surface area contributed by atoms with Crippen molar-refractivity contribution in [1.82, 2.24) is 9.80 Å². The number of piperazine rings is 1. The minimum absolute atomic E-state index is 0.591. The highest BCUT2D eigenvalue weighted by Gasteiger charge is 2.26. The Morgan fingerprint density at radius 1 is 1.26 bits per heavy atom. The average molecular weight is 261 g/mol. The molecule has 1 saturated heterocycles. The van der Waals surface area contributed by atoms with Crippen molar-refractivity contribution in [2.24, 2.45) is 0 Å². The van der Waals surface area contributed by atoms with Crippen molar-refractivity contribution in [3.8, 4) is 5.75 Å². The van der Waals surface area contributed by atoms with Crippen LogP contribution in [0, 0.1) is 0 Å². The van der Waals surface area contributed by atoms with Crippen molar-refractivity contribution in [3.63, 3.8) is 0 Å². The van der Waals surface area contributed by atoms with E-state index in [1.54, 1.807) is 7.11 Å². The summed E-state index contributed by atoms with van der Waals surface area (Å²) in [6.07, 6.45) is 0. The van der Waals surface area contributed by atoms with Crippen LogP contribution in [0.3, 0.4) is 0 Å². The molecule has 1 unspecified atom stereocenters. The summed E-state index contributed by atoms with van der Waals surface area (Å²) in [5, 5.41) is 3.51. The van der Waals surface area contributed by atoms with Crippen molar-refractivity contribution in [1.29, 1.82) is 0 Å². The molecular formula is C15H23N3O. The molecule has 1 fully saturated rings. The van der Waals surface area contributed by atoms with Crippen LogP contribution in [0.2, 0.25) is 0 Å². The Morgan fingerprint density at radius 2 is 2.05 bits per heavy atom. The Balaban J connectivity index is 1.68. The molecule has 4 heteroatoms. The monoisotopic (exact) mass is 261 g/mol. The van der Waals surface area contributed by atoms with E-state index in [0.29, 0.717) is 5.92 Å². The number of benzene rings is 1. The largest absolute Gasteiger partial charge is 0.497 e. The second kappa shape index (κ2) is 5.39. The second-order valence-corrected chi connectivity index (χ2v) is 5.63. The first kappa shape index (κ1) is 12.8. The Morgan fingerprint density at radius 3 is 2.79 bits per heavy atom. The van der Waals surface area contributed by atoms with Gasteiger partial charge in [0.05, 0.1) is 7.11 Å². The summed E-state index contributed by atoms with van der Waals surface area (Å²) in [4.78, 5) is 4.99. The summed E-state index contributed by atoms with van der Waals surface area (Å²) < 4.78 is 5.34. The number of nitrogens with zero attached hydrogens (tertiary/aromatic N) is 2. The van der Waals surface area contributed by atoms with E-state index >= 15 is 0 Å². The number of anilines is 1. The summed E-state index contributed by atoms with van der Waals surface area (Å²) in [7, 11) is 3.94. The number of hydrogen-bond donors (Lipinski definition) is 1. The third kappa shape index (κ3) is 2.69. The fraction of sp³-hybridized carbons (Fsp3) is 0.600. The smallest absolute Gasteiger partial charge is 0.119 e. The van der Waals surface area contributed by atoms with E-state index in [-0.39, 0.29) is 0 Å². The molecule has 0 bridgehead atoms. The molecule has 0 saturated carbocycles. The number of ether oxygens (including phenoxy) is 1. The average Bonchev–Trinajstić information content (AvgIpc) is 2.84. The minimum atomic E-state index is 0.591. The molecule has 104 valence electrons. The highest BCUT2D eigenvalue weighted by Crippen LogP contribution is 2.34. The van der Waals surface area contributed by atoms with Gasteiger partial charge in [-0.05, 0) is 30.8 Å². The highest BCUT2D eigenvalue weighted by atomic mass is 16.5. The summed E-state index contributed by atoms with van der Waals surface area (Å²) in [5.74, 6) is 1.55. The molecule has 0 radical (unpaired) electrons. The fourth-order valence-electron chi connectivity index (χ4n) is 3.01. The van der Waals surface area contributed by atoms with E-state index in [1.165, 1.54) is 37.4 Å². The third-order valence-corrected chi connectivity index (χ3v) is 4.31. The molecule has 0 amide bonds. The van der Waals surface area contributed by atoms with Gasteiger partial charge >= 0.3 is 0 Å². The van der Waals surface area contributed by atoms with Gasteiger partial charge in [-0.1, -0.05) is 0 Å². The van der Waals surface area contributed by atoms with Gasteiger partial charge in [0.15, 0.2) is 0 Å². The van der Waals surface area contributed by atoms with Crippen molar-refractivity contribution in [2.45, 2.75) is 5.92 Å². The Kier molecular flexibility index (Phi) is 3.62. The Bertz CT molecular complexity index is 441. The molecule has 19 heavy (non-hydrogen) atoms. The standard InChI is InChI=1S/C15H23N3O/c1-17-5-7-18(8-6-17)11-12-10-16-15-4-3-13(19-2)9-14(12)15/h3-4,9,12,16H,5-8,10-11H2,1-2H3. The van der Waals surface area contributed by atoms with Gasteiger partial charge in [0.1, 0.15) is 5.75 Å². The molecule has 1 atom stereocenters. The van der Waals surface area contributed by atoms with Gasteiger partial charge in [-0.25, -0.2) is 0 Å². The van der Waals surface area contributed by atoms with Crippen molar-refractivity contribution in [3.05, 3.63) is 23.8 Å². The van der Waals surface area contributed by atoms with Crippen LogP contribution in [0.5, 0.6) is 5.75 Å². The van der Waals surface area contributed by atoms with E-state index in [1.807, 2.05) is 6.07 Å². The minimum Gasteiger partial charge on any atom is -0.497 e. The zero-order valence-electron chi connectivity index (χ0n) is 11.9. The lowest BCUT2D eigenvalue weighted by Gasteiger charge is -2.33. The van der Waals surface area contributed by atoms with Crippen LogP contribution in [0.1, 0.15) is 11.5 Å². The Hall–Kier alpha value is -1.26. The molecule has 0 spiro atoms. The van der Waals surface area contributed by atoms with Crippen molar-refractivity contribution in [2.75, 3.05) is 58.7 Å². The van der Waals surface area contributed by atoms with Crippen LogP contribution in [0.15, 0.2) is 18.2 Å². The van der Waals surface area contributed by atoms with Crippen LogP contribution in [0.4, 0.5) is 5.69 Å². The predicted molar refractivity (Wildman–Crippen MR) is 78.2 cm³/mol. The van der Waals surface area contributed by atoms with E-state index in [4.69, 9.17) is 4.74 Å². The first-order valence-corrected chi connectivity index (χ1v) is 7.09. The number of nitrogens with one attached hydrogen (secondary N) is 1. The summed E-state index contributed by atoms with van der Waals surface area (Å²) in [6, 6.07) is 6.36. The summed E-state index contributed by atoms with van der Waals surface area (Å²) in [5.41, 5.74) is 2.69. The highest BCUT2D eigenvalue weighted by molar-refractivity contribution is 5.60. The number of fused-ring (bicyclic) bond motifs is 1. The molecule has 2 aliphatic heterocycles. The molecule has 3 rings (SSSR count). The molecule has 1 aromatic carbocycles. The van der Waals surface area contributed by atoms with E-state index < -0.39 is 0 Å². The van der Waals surface area contributed by atoms with Gasteiger partial charge < -0.3 is 19.9 Å². The maximum atomic E-state index is 5.34. The van der Waals surface area contributed by atoms with Gasteiger partial charge in [-0.2, -0.15) is 0 Å². The number of likely N-dealkylation sites (N-methyl/N-ethyl adjacent to an activating group) is 1. The number of rotatable bonds is 3. The quantitative estimate of drug-likeness (QED) is 0.891. The summed E-state index contributed by atoms with van der Waals surface area (Å²) >= 11 is 0. The predicted octanol–water partition coefficient (Wildman–Crippen LogP) is 1.45. The molecule has 0 aromatic heterocycles. The molecular weight excluding hydrogens is 238 g/mol. The van der Waals surface area contributed by atoms with Gasteiger partial charge in [-0.15, -0.1) is 0 Å². The summed E-state index contributed by atoms with van der Waals surface area (Å²) in [6.45, 7) is 6.95. The zero-order valence-corrected chi connectivity index (χ0v) is 11.9. The van der Waals surface area contributed by atoms with E-state index in [9.17, 15) is 0 Å². The van der Waals surface area contributed by atoms with Crippen LogP contribution in [-0.4, -0.2) is 63.2 Å². The van der Waals surface area contributed by atoms with Gasteiger partial charge in [0.25, 0.3) is 0 Å². The first-order valence-electron chi connectivity index (χ1n) is 7.09. The topological polar surface area (TPSA) is 27.7 Å². The number of hydrogen-bond acceptors (Lipinski definition) is 4. The lowest BCUT2D eigenvalue weighted by Crippen LogP contribution is -2.45. The van der Waals surface area contributed by atoms with E-state index in [2.05, 4.69) is 34.3 Å². The van der Waals surface area contributed by atoms with Crippen molar-refractivity contribution >= 4 is 5.69 Å². The molecule has 2 aliphatic rings. The lowest BCUT2D eigenvalue weighted by molar-refractivity contribution is 0.149. The lowest BCUT2D eigenvalue weighted by atomic mass is 10.00. The van der Waals surface area contributed by atoms with Gasteiger partial charge in [-0.3, -0.25) is 0 Å². The molecule has 1 aromatic rings. The molecule has 1 N–H and O–H groups in total. The molecule has 4 nitrogen and oxygen atoms in total. The zero-order chi connectivity index (χ0) is 13.2. The first-order chi connectivity index (χ1) is 9.26. The number of methoxy groups -OCH3 is 1. The van der Waals surface area contributed by atoms with Crippen LogP contribution < -0.4 is 10.1 Å². The fourth-order valence-corrected chi connectivity index (χ4v) is 3.01. The maximum absolute atomic E-state index is 5.34. The van der Waals surface area contributed by atoms with Crippen molar-refractivity contribution < 1.29 is 4.74 Å². The second-order valence-electron chi connectivity index (χ2n) is 5.63. The van der Waals surface area contributed by atoms with Gasteiger partial charge in [0.2, 0.25) is 0 Å². The maximum Gasteiger partial charge on any atom is 0.119 e. The molecule has 2 heterocycles. The van der Waals surface area contributed by atoms with E-state index in [0.717, 1.165) is 18.8 Å². The third-order valence-electron chi connectivity index (χ3n) is 4.31.